The van der Waals surface area contributed by atoms with Crippen LogP contribution >= 0.6 is 0 Å². The van der Waals surface area contributed by atoms with Crippen molar-refractivity contribution in [2.24, 2.45) is 0 Å². The molecule has 0 aliphatic heterocycles. The van der Waals surface area contributed by atoms with Crippen molar-refractivity contribution in [1.29, 1.82) is 0 Å². The Bertz CT molecular complexity index is 613. The first kappa shape index (κ1) is 14.2. The van der Waals surface area contributed by atoms with Gasteiger partial charge in [-0.2, -0.15) is 0 Å². The Morgan fingerprint density at radius 1 is 1.33 bits per heavy atom. The Balaban J connectivity index is 1.96. The van der Waals surface area contributed by atoms with Crippen LogP contribution in [0, 0.1) is 0 Å². The van der Waals surface area contributed by atoms with Crippen LogP contribution in [0.2, 0.25) is 0 Å². The van der Waals surface area contributed by atoms with Gasteiger partial charge in [-0.15, -0.1) is 0 Å². The van der Waals surface area contributed by atoms with Gasteiger partial charge in [0.2, 0.25) is 0 Å². The van der Waals surface area contributed by atoms with Crippen LogP contribution in [0.1, 0.15) is 56.9 Å². The first-order chi connectivity index (χ1) is 10.2. The topological polar surface area (TPSA) is 55.6 Å². The number of rotatable bonds is 6. The molecule has 1 aliphatic carbocycles. The second-order valence-corrected chi connectivity index (χ2v) is 5.94. The average Bonchev–Trinajstić information content (AvgIpc) is 3.20. The summed E-state index contributed by atoms with van der Waals surface area (Å²) in [5.41, 5.74) is 2.11. The Morgan fingerprint density at radius 3 is 2.81 bits per heavy atom. The van der Waals surface area contributed by atoms with Crippen LogP contribution in [0.4, 0.5) is 0 Å². The molecule has 0 amide bonds. The van der Waals surface area contributed by atoms with Gasteiger partial charge in [-0.25, -0.2) is 15.0 Å². The van der Waals surface area contributed by atoms with Crippen molar-refractivity contribution in [3.63, 3.8) is 0 Å². The minimum absolute atomic E-state index is 0.340. The lowest BCUT2D eigenvalue weighted by molar-refractivity contribution is 0.653. The fourth-order valence-corrected chi connectivity index (χ4v) is 2.38. The maximum absolute atomic E-state index is 4.78. The Hall–Kier alpha value is -1.75. The molecule has 5 nitrogen and oxygen atoms in total. The van der Waals surface area contributed by atoms with Crippen LogP contribution in [-0.2, 0) is 13.0 Å². The molecule has 1 fully saturated rings. The van der Waals surface area contributed by atoms with Gasteiger partial charge >= 0.3 is 0 Å². The van der Waals surface area contributed by atoms with E-state index in [2.05, 4.69) is 40.6 Å². The lowest BCUT2D eigenvalue weighted by Crippen LogP contribution is -2.19. The normalized spacial score (nSPS) is 14.9. The first-order valence-electron chi connectivity index (χ1n) is 7.80. The highest BCUT2D eigenvalue weighted by Gasteiger charge is 2.21. The monoisotopic (exact) mass is 285 g/mol. The minimum Gasteiger partial charge on any atom is -0.308 e. The summed E-state index contributed by atoms with van der Waals surface area (Å²) in [4.78, 5) is 13.7. The minimum atomic E-state index is 0.340. The average molecular weight is 285 g/mol. The van der Waals surface area contributed by atoms with Crippen molar-refractivity contribution in [2.45, 2.75) is 58.5 Å². The molecule has 1 saturated carbocycles. The van der Waals surface area contributed by atoms with Crippen LogP contribution in [-0.4, -0.2) is 25.6 Å². The van der Waals surface area contributed by atoms with Crippen LogP contribution < -0.4 is 5.32 Å². The third kappa shape index (κ3) is 3.13. The lowest BCUT2D eigenvalue weighted by Gasteiger charge is -2.14. The molecular formula is C16H23N5. The van der Waals surface area contributed by atoms with Gasteiger partial charge < -0.3 is 9.88 Å². The molecule has 0 atom stereocenters. The van der Waals surface area contributed by atoms with Crippen molar-refractivity contribution in [2.75, 3.05) is 0 Å². The highest BCUT2D eigenvalue weighted by atomic mass is 15.1. The molecule has 112 valence electrons. The number of nitrogens with one attached hydrogen (secondary N) is 1. The van der Waals surface area contributed by atoms with E-state index < -0.39 is 0 Å². The summed E-state index contributed by atoms with van der Waals surface area (Å²) in [6.07, 6.45) is 9.23. The third-order valence-corrected chi connectivity index (χ3v) is 3.81. The highest BCUT2D eigenvalue weighted by Crippen LogP contribution is 2.22. The summed E-state index contributed by atoms with van der Waals surface area (Å²) < 4.78 is 2.11. The van der Waals surface area contributed by atoms with E-state index in [1.807, 2.05) is 18.6 Å². The Labute approximate surface area is 125 Å². The molecule has 0 spiro atoms. The fraction of sp³-hybridized carbons (Fsp3) is 0.562. The van der Waals surface area contributed by atoms with Gasteiger partial charge in [-0.1, -0.05) is 20.8 Å². The van der Waals surface area contributed by atoms with Gasteiger partial charge in [0.25, 0.3) is 0 Å². The van der Waals surface area contributed by atoms with E-state index in [0.717, 1.165) is 36.0 Å². The van der Waals surface area contributed by atoms with Gasteiger partial charge in [0.15, 0.2) is 0 Å². The molecule has 0 aromatic carbocycles. The fourth-order valence-electron chi connectivity index (χ4n) is 2.38. The quantitative estimate of drug-likeness (QED) is 0.886. The van der Waals surface area contributed by atoms with Crippen molar-refractivity contribution < 1.29 is 0 Å². The van der Waals surface area contributed by atoms with Crippen LogP contribution in [0.15, 0.2) is 18.6 Å². The smallest absolute Gasteiger partial charge is 0.131 e. The van der Waals surface area contributed by atoms with Crippen molar-refractivity contribution in [1.82, 2.24) is 24.8 Å². The molecule has 3 rings (SSSR count). The van der Waals surface area contributed by atoms with E-state index in [1.165, 1.54) is 12.8 Å². The lowest BCUT2D eigenvalue weighted by atomic mass is 10.2. The second kappa shape index (κ2) is 5.93. The maximum Gasteiger partial charge on any atom is 0.131 e. The molecule has 0 unspecified atom stereocenters. The summed E-state index contributed by atoms with van der Waals surface area (Å²) in [6.45, 7) is 7.16. The van der Waals surface area contributed by atoms with E-state index in [4.69, 9.17) is 4.98 Å². The summed E-state index contributed by atoms with van der Waals surface area (Å²) in [7, 11) is 0. The molecule has 1 aliphatic rings. The Morgan fingerprint density at radius 2 is 2.14 bits per heavy atom. The summed E-state index contributed by atoms with van der Waals surface area (Å²) >= 11 is 0. The molecule has 2 heterocycles. The van der Waals surface area contributed by atoms with Gasteiger partial charge in [0, 0.05) is 37.3 Å². The zero-order valence-corrected chi connectivity index (χ0v) is 13.0. The molecule has 0 bridgehead atoms. The number of nitrogens with zero attached hydrogens (tertiary/aromatic N) is 4. The zero-order chi connectivity index (χ0) is 14.8. The molecule has 2 aromatic rings. The molecule has 5 heteroatoms. The number of hydrogen-bond donors (Lipinski definition) is 1. The van der Waals surface area contributed by atoms with Gasteiger partial charge in [0.05, 0.1) is 17.6 Å². The largest absolute Gasteiger partial charge is 0.308 e. The zero-order valence-electron chi connectivity index (χ0n) is 13.0. The maximum atomic E-state index is 4.78. The van der Waals surface area contributed by atoms with Crippen molar-refractivity contribution >= 4 is 0 Å². The molecule has 1 N–H and O–H groups in total. The van der Waals surface area contributed by atoms with Gasteiger partial charge in [0.1, 0.15) is 11.6 Å². The van der Waals surface area contributed by atoms with E-state index in [-0.39, 0.29) is 0 Å². The molecule has 0 radical (unpaired) electrons. The van der Waals surface area contributed by atoms with E-state index in [0.29, 0.717) is 12.0 Å². The summed E-state index contributed by atoms with van der Waals surface area (Å²) in [5.74, 6) is 2.29. The van der Waals surface area contributed by atoms with Crippen molar-refractivity contribution in [3.05, 3.63) is 35.9 Å². The third-order valence-electron chi connectivity index (χ3n) is 3.81. The van der Waals surface area contributed by atoms with E-state index in [1.54, 1.807) is 0 Å². The SMILES string of the molecule is CCc1nccn1-c1cnc(C(C)C)nc1CNC1CC1. The van der Waals surface area contributed by atoms with E-state index in [9.17, 15) is 0 Å². The van der Waals surface area contributed by atoms with Crippen LogP contribution in [0.25, 0.3) is 5.69 Å². The van der Waals surface area contributed by atoms with Crippen molar-refractivity contribution in [3.8, 4) is 5.69 Å². The number of aromatic nitrogens is 4. The Kier molecular flexibility index (Phi) is 4.01. The number of hydrogen-bond acceptors (Lipinski definition) is 4. The van der Waals surface area contributed by atoms with Gasteiger partial charge in [-0.05, 0) is 12.8 Å². The van der Waals surface area contributed by atoms with Crippen LogP contribution in [0.3, 0.4) is 0 Å². The number of aryl methyl sites for hydroxylation is 1. The van der Waals surface area contributed by atoms with E-state index >= 15 is 0 Å². The van der Waals surface area contributed by atoms with Crippen LogP contribution in [0.5, 0.6) is 0 Å². The predicted molar refractivity (Wildman–Crippen MR) is 82.5 cm³/mol. The van der Waals surface area contributed by atoms with Gasteiger partial charge in [-0.3, -0.25) is 0 Å². The first-order valence-corrected chi connectivity index (χ1v) is 7.80. The molecular weight excluding hydrogens is 262 g/mol. The summed E-state index contributed by atoms with van der Waals surface area (Å²) in [6, 6.07) is 0.670. The summed E-state index contributed by atoms with van der Waals surface area (Å²) in [5, 5.41) is 3.55. The molecule has 21 heavy (non-hydrogen) atoms. The predicted octanol–water partition coefficient (Wildman–Crippen LogP) is 2.60. The standard InChI is InChI=1S/C16H23N5/c1-4-15-17-7-8-21(15)14-10-19-16(11(2)3)20-13(14)9-18-12-5-6-12/h7-8,10-12,18H,4-6,9H2,1-3H3. The number of imidazole rings is 1. The second-order valence-electron chi connectivity index (χ2n) is 5.94. The molecule has 2 aromatic heterocycles. The molecule has 0 saturated heterocycles. The highest BCUT2D eigenvalue weighted by molar-refractivity contribution is 5.36.